The second-order valence-corrected chi connectivity index (χ2v) is 11.6. The number of piperazine rings is 1. The van der Waals surface area contributed by atoms with Crippen molar-refractivity contribution in [3.05, 3.63) is 84.6 Å². The first-order valence-electron chi connectivity index (χ1n) is 11.9. The van der Waals surface area contributed by atoms with Gasteiger partial charge in [-0.15, -0.1) is 0 Å². The molecular formula is C27H26N4O5S2. The summed E-state index contributed by atoms with van der Waals surface area (Å²) in [4.78, 5) is 20.0. The molecule has 9 nitrogen and oxygen atoms in total. The summed E-state index contributed by atoms with van der Waals surface area (Å²) in [5, 5.41) is 9.80. The Hall–Kier alpha value is -4.09. The first-order chi connectivity index (χ1) is 18.3. The number of carboxylic acids is 1. The van der Waals surface area contributed by atoms with Crippen LogP contribution < -0.4 is 19.3 Å². The van der Waals surface area contributed by atoms with Gasteiger partial charge in [0.05, 0.1) is 24.6 Å². The number of sulfonamides is 1. The molecule has 1 aliphatic rings. The van der Waals surface area contributed by atoms with Gasteiger partial charge in [0.15, 0.2) is 9.34 Å². The second kappa shape index (κ2) is 10.7. The van der Waals surface area contributed by atoms with Crippen LogP contribution in [0.5, 0.6) is 5.75 Å². The van der Waals surface area contributed by atoms with Crippen LogP contribution in [0.25, 0.3) is 11.1 Å². The Morgan fingerprint density at radius 1 is 0.947 bits per heavy atom. The lowest BCUT2D eigenvalue weighted by Gasteiger charge is -2.36. The molecule has 0 bridgehead atoms. The Balaban J connectivity index is 1.23. The summed E-state index contributed by atoms with van der Waals surface area (Å²) >= 11 is 1.09. The lowest BCUT2D eigenvalue weighted by atomic mass is 10.1. The van der Waals surface area contributed by atoms with Crippen molar-refractivity contribution in [2.75, 3.05) is 47.8 Å². The first kappa shape index (κ1) is 25.6. The molecule has 0 aliphatic carbocycles. The molecule has 11 heteroatoms. The Labute approximate surface area is 225 Å². The van der Waals surface area contributed by atoms with Crippen LogP contribution in [0.2, 0.25) is 0 Å². The highest BCUT2D eigenvalue weighted by Crippen LogP contribution is 2.32. The van der Waals surface area contributed by atoms with Crippen LogP contribution in [0.4, 0.5) is 16.5 Å². The number of benzene rings is 3. The molecule has 0 unspecified atom stereocenters. The van der Waals surface area contributed by atoms with E-state index >= 15 is 0 Å². The van der Waals surface area contributed by atoms with Crippen molar-refractivity contribution in [3.8, 4) is 16.9 Å². The highest BCUT2D eigenvalue weighted by atomic mass is 32.2. The number of hydrogen-bond donors (Lipinski definition) is 2. The number of anilines is 3. The van der Waals surface area contributed by atoms with Crippen LogP contribution in [0.1, 0.15) is 10.4 Å². The van der Waals surface area contributed by atoms with Crippen molar-refractivity contribution in [3.63, 3.8) is 0 Å². The quantitative estimate of drug-likeness (QED) is 0.326. The molecule has 0 atom stereocenters. The molecule has 4 aromatic rings. The third-order valence-corrected chi connectivity index (χ3v) is 9.20. The van der Waals surface area contributed by atoms with E-state index in [0.717, 1.165) is 30.1 Å². The molecule has 2 N–H and O–H groups in total. The smallest absolute Gasteiger partial charge is 0.335 e. The SMILES string of the molecule is COc1cc(C(=O)O)ccc1NS(=O)(=O)c1cnc(N2CCN(c3ccc(-c4ccccc4)cc3)CC2)s1. The zero-order valence-corrected chi connectivity index (χ0v) is 22.2. The van der Waals surface area contributed by atoms with Crippen LogP contribution >= 0.6 is 11.3 Å². The number of hydrogen-bond acceptors (Lipinski definition) is 8. The molecule has 3 aromatic carbocycles. The summed E-state index contributed by atoms with van der Waals surface area (Å²) in [5.41, 5.74) is 3.66. The number of aromatic carboxylic acids is 1. The number of carbonyl (C=O) groups is 1. The number of aromatic nitrogens is 1. The molecule has 0 amide bonds. The van der Waals surface area contributed by atoms with Crippen LogP contribution in [0.3, 0.4) is 0 Å². The van der Waals surface area contributed by atoms with E-state index in [1.54, 1.807) is 0 Å². The minimum Gasteiger partial charge on any atom is -0.495 e. The number of nitrogens with zero attached hydrogens (tertiary/aromatic N) is 3. The van der Waals surface area contributed by atoms with Crippen molar-refractivity contribution in [1.29, 1.82) is 0 Å². The first-order valence-corrected chi connectivity index (χ1v) is 14.2. The van der Waals surface area contributed by atoms with Crippen LogP contribution in [-0.4, -0.2) is 57.8 Å². The van der Waals surface area contributed by atoms with Gasteiger partial charge in [0.1, 0.15) is 5.75 Å². The number of nitrogens with one attached hydrogen (secondary N) is 1. The predicted molar refractivity (Wildman–Crippen MR) is 149 cm³/mol. The van der Waals surface area contributed by atoms with Gasteiger partial charge in [-0.25, -0.2) is 18.2 Å². The van der Waals surface area contributed by atoms with Gasteiger partial charge in [0, 0.05) is 31.9 Å². The van der Waals surface area contributed by atoms with Gasteiger partial charge in [-0.2, -0.15) is 0 Å². The van der Waals surface area contributed by atoms with E-state index in [4.69, 9.17) is 9.84 Å². The van der Waals surface area contributed by atoms with E-state index < -0.39 is 16.0 Å². The van der Waals surface area contributed by atoms with Crippen LogP contribution in [-0.2, 0) is 10.0 Å². The van der Waals surface area contributed by atoms with Crippen molar-refractivity contribution in [2.24, 2.45) is 0 Å². The van der Waals surface area contributed by atoms with E-state index in [9.17, 15) is 13.2 Å². The Morgan fingerprint density at radius 3 is 2.26 bits per heavy atom. The fourth-order valence-electron chi connectivity index (χ4n) is 4.28. The van der Waals surface area contributed by atoms with Crippen molar-refractivity contribution in [1.82, 2.24) is 4.98 Å². The van der Waals surface area contributed by atoms with Gasteiger partial charge in [0.25, 0.3) is 10.0 Å². The lowest BCUT2D eigenvalue weighted by Crippen LogP contribution is -2.46. The van der Waals surface area contributed by atoms with Gasteiger partial charge in [-0.3, -0.25) is 4.72 Å². The summed E-state index contributed by atoms with van der Waals surface area (Å²) in [6, 6.07) is 22.7. The van der Waals surface area contributed by atoms with Crippen LogP contribution in [0, 0.1) is 0 Å². The molecule has 2 heterocycles. The summed E-state index contributed by atoms with van der Waals surface area (Å²) in [6.45, 7) is 3.01. The molecule has 0 spiro atoms. The average Bonchev–Trinajstić information content (AvgIpc) is 3.45. The molecule has 0 saturated carbocycles. The summed E-state index contributed by atoms with van der Waals surface area (Å²) in [5.74, 6) is -1.01. The summed E-state index contributed by atoms with van der Waals surface area (Å²) in [7, 11) is -2.59. The van der Waals surface area contributed by atoms with E-state index in [1.807, 2.05) is 18.2 Å². The molecule has 1 fully saturated rings. The topological polar surface area (TPSA) is 112 Å². The predicted octanol–water partition coefficient (Wildman–Crippen LogP) is 4.64. The van der Waals surface area contributed by atoms with Crippen molar-refractivity contribution in [2.45, 2.75) is 4.21 Å². The van der Waals surface area contributed by atoms with Gasteiger partial charge in [-0.05, 0) is 41.5 Å². The summed E-state index contributed by atoms with van der Waals surface area (Å²) in [6.07, 6.45) is 1.34. The maximum Gasteiger partial charge on any atom is 0.335 e. The third kappa shape index (κ3) is 5.43. The maximum atomic E-state index is 13.0. The Bertz CT molecular complexity index is 1530. The molecular weight excluding hydrogens is 524 g/mol. The molecule has 196 valence electrons. The number of methoxy groups -OCH3 is 1. The third-order valence-electron chi connectivity index (χ3n) is 6.32. The lowest BCUT2D eigenvalue weighted by molar-refractivity contribution is 0.0696. The van der Waals surface area contributed by atoms with Crippen molar-refractivity contribution < 1.29 is 23.1 Å². The number of rotatable bonds is 8. The fraction of sp³-hybridized carbons (Fsp3) is 0.185. The Kier molecular flexibility index (Phi) is 7.21. The Morgan fingerprint density at radius 2 is 1.61 bits per heavy atom. The van der Waals surface area contributed by atoms with Crippen LogP contribution in [0.15, 0.2) is 83.2 Å². The minimum atomic E-state index is -3.94. The maximum absolute atomic E-state index is 13.0. The number of ether oxygens (including phenoxy) is 1. The van der Waals surface area contributed by atoms with E-state index in [2.05, 4.69) is 55.9 Å². The zero-order valence-electron chi connectivity index (χ0n) is 20.6. The highest BCUT2D eigenvalue weighted by Gasteiger charge is 2.24. The van der Waals surface area contributed by atoms with Crippen molar-refractivity contribution >= 4 is 43.8 Å². The van der Waals surface area contributed by atoms with Gasteiger partial charge >= 0.3 is 5.97 Å². The molecule has 1 aliphatic heterocycles. The van der Waals surface area contributed by atoms with E-state index in [1.165, 1.54) is 42.6 Å². The molecule has 0 radical (unpaired) electrons. The normalized spacial score (nSPS) is 13.8. The largest absolute Gasteiger partial charge is 0.495 e. The van der Waals surface area contributed by atoms with E-state index in [-0.39, 0.29) is 21.2 Å². The molecule has 1 aromatic heterocycles. The molecule has 5 rings (SSSR count). The minimum absolute atomic E-state index is 0.00356. The monoisotopic (exact) mass is 550 g/mol. The standard InChI is InChI=1S/C27H26N4O5S2/c1-36-24-17-21(26(32)33)9-12-23(24)29-38(34,35)25-18-28-27(37-25)31-15-13-30(14-16-31)22-10-7-20(8-11-22)19-5-3-2-4-6-19/h2-12,17-18,29H,13-16H2,1H3,(H,32,33). The number of carboxylic acid groups (broad SMARTS) is 1. The molecule has 38 heavy (non-hydrogen) atoms. The van der Waals surface area contributed by atoms with Gasteiger partial charge in [-0.1, -0.05) is 53.8 Å². The van der Waals surface area contributed by atoms with Gasteiger partial charge < -0.3 is 19.6 Å². The zero-order chi connectivity index (χ0) is 26.7. The van der Waals surface area contributed by atoms with E-state index in [0.29, 0.717) is 18.2 Å². The average molecular weight is 551 g/mol. The fourth-order valence-corrected chi connectivity index (χ4v) is 6.52. The second-order valence-electron chi connectivity index (χ2n) is 8.67. The number of thiazole rings is 1. The summed E-state index contributed by atoms with van der Waals surface area (Å²) < 4.78 is 33.7. The highest BCUT2D eigenvalue weighted by molar-refractivity contribution is 7.94. The van der Waals surface area contributed by atoms with Gasteiger partial charge in [0.2, 0.25) is 0 Å². The molecule has 1 saturated heterocycles.